The van der Waals surface area contributed by atoms with Gasteiger partial charge in [0.2, 0.25) is 5.91 Å². The van der Waals surface area contributed by atoms with Crippen LogP contribution in [0.4, 0.5) is 0 Å². The fourth-order valence-electron chi connectivity index (χ4n) is 1.88. The standard InChI is InChI=1S/C11H17NO4S/c1-7(6-17-8(2)13)10(14)12-5-3-4-9(12)11(15)16/h7,9H,3-6H2,1-2H3,(H,15,16)/t7-,9-/m1/s1. The van der Waals surface area contributed by atoms with E-state index in [1.807, 2.05) is 0 Å². The normalized spacial score (nSPS) is 21.3. The summed E-state index contributed by atoms with van der Waals surface area (Å²) in [6, 6.07) is -0.688. The van der Waals surface area contributed by atoms with Crippen LogP contribution in [0.5, 0.6) is 0 Å². The molecule has 1 heterocycles. The maximum absolute atomic E-state index is 12.0. The summed E-state index contributed by atoms with van der Waals surface area (Å²) in [4.78, 5) is 35.2. The van der Waals surface area contributed by atoms with E-state index in [0.29, 0.717) is 18.7 Å². The Hall–Kier alpha value is -1.04. The molecule has 1 N–H and O–H groups in total. The number of amides is 1. The minimum Gasteiger partial charge on any atom is -0.480 e. The number of likely N-dealkylation sites (tertiary alicyclic amines) is 1. The molecule has 0 aromatic rings. The van der Waals surface area contributed by atoms with Crippen molar-refractivity contribution in [3.63, 3.8) is 0 Å². The molecule has 1 amide bonds. The number of rotatable bonds is 4. The molecular weight excluding hydrogens is 242 g/mol. The second-order valence-electron chi connectivity index (χ2n) is 4.23. The fraction of sp³-hybridized carbons (Fsp3) is 0.727. The molecular formula is C11H17NO4S. The zero-order valence-electron chi connectivity index (χ0n) is 10.0. The number of carbonyl (C=O) groups excluding carboxylic acids is 2. The van der Waals surface area contributed by atoms with Crippen LogP contribution in [0, 0.1) is 5.92 Å². The lowest BCUT2D eigenvalue weighted by Crippen LogP contribution is -2.43. The van der Waals surface area contributed by atoms with E-state index in [4.69, 9.17) is 5.11 Å². The molecule has 0 radical (unpaired) electrons. The summed E-state index contributed by atoms with van der Waals surface area (Å²) < 4.78 is 0. The van der Waals surface area contributed by atoms with Crippen molar-refractivity contribution < 1.29 is 19.5 Å². The Morgan fingerprint density at radius 3 is 2.65 bits per heavy atom. The Labute approximate surface area is 105 Å². The first-order valence-electron chi connectivity index (χ1n) is 5.60. The molecule has 1 aliphatic rings. The Balaban J connectivity index is 2.56. The number of nitrogens with zero attached hydrogens (tertiary/aromatic N) is 1. The van der Waals surface area contributed by atoms with Gasteiger partial charge in [-0.3, -0.25) is 9.59 Å². The molecule has 1 fully saturated rings. The molecule has 0 unspecified atom stereocenters. The van der Waals surface area contributed by atoms with Crippen molar-refractivity contribution in [2.24, 2.45) is 5.92 Å². The topological polar surface area (TPSA) is 74.7 Å². The second-order valence-corrected chi connectivity index (χ2v) is 5.43. The van der Waals surface area contributed by atoms with Gasteiger partial charge in [0.15, 0.2) is 5.12 Å². The van der Waals surface area contributed by atoms with Gasteiger partial charge in [-0.1, -0.05) is 18.7 Å². The highest BCUT2D eigenvalue weighted by molar-refractivity contribution is 8.13. The lowest BCUT2D eigenvalue weighted by Gasteiger charge is -2.24. The van der Waals surface area contributed by atoms with Crippen LogP contribution in [0.15, 0.2) is 0 Å². The Morgan fingerprint density at radius 1 is 1.47 bits per heavy atom. The maximum atomic E-state index is 12.0. The number of thioether (sulfide) groups is 1. The highest BCUT2D eigenvalue weighted by atomic mass is 32.2. The third kappa shape index (κ3) is 3.73. The van der Waals surface area contributed by atoms with Crippen molar-refractivity contribution >= 4 is 28.8 Å². The predicted molar refractivity (Wildman–Crippen MR) is 64.7 cm³/mol. The molecule has 1 aliphatic heterocycles. The van der Waals surface area contributed by atoms with Crippen LogP contribution in [0.3, 0.4) is 0 Å². The van der Waals surface area contributed by atoms with E-state index in [1.165, 1.54) is 11.8 Å². The summed E-state index contributed by atoms with van der Waals surface area (Å²) in [7, 11) is 0. The van der Waals surface area contributed by atoms with Gasteiger partial charge < -0.3 is 10.0 Å². The summed E-state index contributed by atoms with van der Waals surface area (Å²) in [6.45, 7) is 3.69. The van der Waals surface area contributed by atoms with Gasteiger partial charge in [0.1, 0.15) is 6.04 Å². The van der Waals surface area contributed by atoms with Gasteiger partial charge in [-0.15, -0.1) is 0 Å². The predicted octanol–water partition coefficient (Wildman–Crippen LogP) is 0.978. The number of carboxylic acid groups (broad SMARTS) is 1. The Kier molecular flexibility index (Phi) is 4.99. The van der Waals surface area contributed by atoms with Crippen molar-refractivity contribution in [2.75, 3.05) is 12.3 Å². The minimum absolute atomic E-state index is 0.0270. The lowest BCUT2D eigenvalue weighted by atomic mass is 10.1. The first-order chi connectivity index (χ1) is 7.93. The van der Waals surface area contributed by atoms with Crippen LogP contribution >= 0.6 is 11.8 Å². The largest absolute Gasteiger partial charge is 0.480 e. The van der Waals surface area contributed by atoms with Crippen molar-refractivity contribution in [1.82, 2.24) is 4.90 Å². The van der Waals surface area contributed by atoms with E-state index >= 15 is 0 Å². The van der Waals surface area contributed by atoms with Crippen LogP contribution in [0.2, 0.25) is 0 Å². The monoisotopic (exact) mass is 259 g/mol. The highest BCUT2D eigenvalue weighted by Gasteiger charge is 2.35. The molecule has 17 heavy (non-hydrogen) atoms. The molecule has 5 nitrogen and oxygen atoms in total. The van der Waals surface area contributed by atoms with Crippen LogP contribution in [-0.4, -0.2) is 45.3 Å². The molecule has 0 spiro atoms. The van der Waals surface area contributed by atoms with Gasteiger partial charge in [-0.05, 0) is 12.8 Å². The van der Waals surface area contributed by atoms with Gasteiger partial charge in [-0.2, -0.15) is 0 Å². The number of carboxylic acids is 1. The van der Waals surface area contributed by atoms with Crippen molar-refractivity contribution in [2.45, 2.75) is 32.7 Å². The van der Waals surface area contributed by atoms with E-state index in [9.17, 15) is 14.4 Å². The highest BCUT2D eigenvalue weighted by Crippen LogP contribution is 2.21. The van der Waals surface area contributed by atoms with E-state index in [-0.39, 0.29) is 16.9 Å². The Bertz CT molecular complexity index is 331. The molecule has 0 bridgehead atoms. The van der Waals surface area contributed by atoms with Crippen LogP contribution < -0.4 is 0 Å². The van der Waals surface area contributed by atoms with Gasteiger partial charge >= 0.3 is 5.97 Å². The Morgan fingerprint density at radius 2 is 2.12 bits per heavy atom. The zero-order valence-corrected chi connectivity index (χ0v) is 10.8. The molecule has 1 rings (SSSR count). The molecule has 1 saturated heterocycles. The van der Waals surface area contributed by atoms with Crippen LogP contribution in [-0.2, 0) is 14.4 Å². The summed E-state index contributed by atoms with van der Waals surface area (Å²) in [6.07, 6.45) is 1.25. The van der Waals surface area contributed by atoms with E-state index in [2.05, 4.69) is 0 Å². The van der Waals surface area contributed by atoms with Crippen molar-refractivity contribution in [3.8, 4) is 0 Å². The molecule has 0 aromatic heterocycles. The lowest BCUT2D eigenvalue weighted by molar-refractivity contribution is -0.149. The van der Waals surface area contributed by atoms with Gasteiger partial charge in [0.05, 0.1) is 0 Å². The summed E-state index contributed by atoms with van der Waals surface area (Å²) in [5.41, 5.74) is 0. The van der Waals surface area contributed by atoms with Gasteiger partial charge in [-0.25, -0.2) is 4.79 Å². The first kappa shape index (κ1) is 14.0. The third-order valence-corrected chi connectivity index (χ3v) is 3.85. The number of hydrogen-bond acceptors (Lipinski definition) is 4. The molecule has 0 saturated carbocycles. The number of aliphatic carboxylic acids is 1. The van der Waals surface area contributed by atoms with Crippen molar-refractivity contribution in [3.05, 3.63) is 0 Å². The number of hydrogen-bond donors (Lipinski definition) is 1. The maximum Gasteiger partial charge on any atom is 0.326 e. The first-order valence-corrected chi connectivity index (χ1v) is 6.58. The summed E-state index contributed by atoms with van der Waals surface area (Å²) >= 11 is 1.10. The van der Waals surface area contributed by atoms with E-state index < -0.39 is 12.0 Å². The summed E-state index contributed by atoms with van der Waals surface area (Å²) in [5.74, 6) is -1.01. The van der Waals surface area contributed by atoms with Gasteiger partial charge in [0.25, 0.3) is 0 Å². The average molecular weight is 259 g/mol. The van der Waals surface area contributed by atoms with Crippen molar-refractivity contribution in [1.29, 1.82) is 0 Å². The zero-order chi connectivity index (χ0) is 13.0. The molecule has 0 aromatic carbocycles. The fourth-order valence-corrected chi connectivity index (χ4v) is 2.51. The van der Waals surface area contributed by atoms with E-state index in [0.717, 1.165) is 18.2 Å². The van der Waals surface area contributed by atoms with Crippen LogP contribution in [0.1, 0.15) is 26.7 Å². The minimum atomic E-state index is -0.942. The molecule has 2 atom stereocenters. The van der Waals surface area contributed by atoms with Gasteiger partial charge in [0, 0.05) is 25.1 Å². The van der Waals surface area contributed by atoms with E-state index in [1.54, 1.807) is 6.92 Å². The third-order valence-electron chi connectivity index (χ3n) is 2.78. The quantitative estimate of drug-likeness (QED) is 0.814. The molecule has 6 heteroatoms. The molecule has 0 aliphatic carbocycles. The smallest absolute Gasteiger partial charge is 0.326 e. The summed E-state index contributed by atoms with van der Waals surface area (Å²) in [5, 5.41) is 8.95. The second kappa shape index (κ2) is 6.05. The number of carbonyl (C=O) groups is 3. The molecule has 96 valence electrons. The van der Waals surface area contributed by atoms with Crippen LogP contribution in [0.25, 0.3) is 0 Å². The average Bonchev–Trinajstić information content (AvgIpc) is 2.73. The SMILES string of the molecule is CC(=O)SC[C@@H](C)C(=O)N1CCC[C@@H]1C(=O)O.